The van der Waals surface area contributed by atoms with Crippen molar-refractivity contribution in [3.63, 3.8) is 0 Å². The van der Waals surface area contributed by atoms with Gasteiger partial charge >= 0.3 is 0 Å². The minimum Gasteiger partial charge on any atom is -0.392 e. The molecule has 1 saturated carbocycles. The van der Waals surface area contributed by atoms with E-state index in [4.69, 9.17) is 0 Å². The molecule has 15 heavy (non-hydrogen) atoms. The maximum Gasteiger partial charge on any atom is 0.0693 e. The predicted molar refractivity (Wildman–Crippen MR) is 58.5 cm³/mol. The zero-order valence-electron chi connectivity index (χ0n) is 8.97. The molecule has 2 atom stereocenters. The predicted octanol–water partition coefficient (Wildman–Crippen LogP) is 0.776. The number of hydrogen-bond acceptors (Lipinski definition) is 3. The van der Waals surface area contributed by atoms with Gasteiger partial charge < -0.3 is 10.4 Å². The topological polar surface area (TPSA) is 50.1 Å². The van der Waals surface area contributed by atoms with Crippen molar-refractivity contribution in [2.24, 2.45) is 0 Å². The molecule has 0 aliphatic heterocycles. The van der Waals surface area contributed by atoms with Crippen LogP contribution in [0.4, 0.5) is 0 Å². The lowest BCUT2D eigenvalue weighted by atomic mass is 9.93. The Morgan fingerprint density at radius 1 is 1.40 bits per heavy atom. The van der Waals surface area contributed by atoms with Crippen molar-refractivity contribution in [3.05, 3.63) is 18.5 Å². The number of aliphatic hydroxyl groups excluding tert-OH is 1. The summed E-state index contributed by atoms with van der Waals surface area (Å²) in [6.45, 7) is 1.75. The van der Waals surface area contributed by atoms with Crippen LogP contribution in [0.3, 0.4) is 0 Å². The number of hydrogen-bond donors (Lipinski definition) is 2. The molecule has 1 aromatic rings. The first-order valence-electron chi connectivity index (χ1n) is 5.75. The van der Waals surface area contributed by atoms with Crippen molar-refractivity contribution in [2.75, 3.05) is 6.54 Å². The van der Waals surface area contributed by atoms with Gasteiger partial charge in [-0.05, 0) is 18.9 Å². The minimum atomic E-state index is -0.156. The Labute approximate surface area is 90.3 Å². The van der Waals surface area contributed by atoms with E-state index in [0.29, 0.717) is 0 Å². The zero-order valence-corrected chi connectivity index (χ0v) is 8.97. The van der Waals surface area contributed by atoms with Crippen molar-refractivity contribution in [3.8, 4) is 0 Å². The van der Waals surface area contributed by atoms with Crippen molar-refractivity contribution in [1.29, 1.82) is 0 Å². The standard InChI is InChI=1S/C11H19N3O/c15-11-5-2-1-4-10(11)12-7-9-14-8-3-6-13-14/h3,6,8,10-12,15H,1-2,4-5,7,9H2/t10-,11-/m0/s1. The van der Waals surface area contributed by atoms with Gasteiger partial charge in [0, 0.05) is 25.0 Å². The molecular weight excluding hydrogens is 190 g/mol. The van der Waals surface area contributed by atoms with Crippen LogP contribution in [0.5, 0.6) is 0 Å². The van der Waals surface area contributed by atoms with Crippen LogP contribution in [0.25, 0.3) is 0 Å². The summed E-state index contributed by atoms with van der Waals surface area (Å²) < 4.78 is 1.90. The number of nitrogens with one attached hydrogen (secondary N) is 1. The molecule has 0 bridgehead atoms. The van der Waals surface area contributed by atoms with E-state index in [2.05, 4.69) is 10.4 Å². The molecule has 1 fully saturated rings. The molecule has 0 unspecified atom stereocenters. The first-order chi connectivity index (χ1) is 7.36. The van der Waals surface area contributed by atoms with Crippen LogP contribution in [0.1, 0.15) is 25.7 Å². The van der Waals surface area contributed by atoms with E-state index in [1.165, 1.54) is 12.8 Å². The average molecular weight is 209 g/mol. The number of nitrogens with zero attached hydrogens (tertiary/aromatic N) is 2. The lowest BCUT2D eigenvalue weighted by molar-refractivity contribution is 0.0906. The van der Waals surface area contributed by atoms with Gasteiger partial charge in [0.15, 0.2) is 0 Å². The molecular formula is C11H19N3O. The summed E-state index contributed by atoms with van der Waals surface area (Å²) in [5, 5.41) is 17.3. The number of aromatic nitrogens is 2. The Balaban J connectivity index is 1.68. The molecule has 1 aliphatic carbocycles. The average Bonchev–Trinajstić information content (AvgIpc) is 2.74. The summed E-state index contributed by atoms with van der Waals surface area (Å²) in [5.74, 6) is 0. The molecule has 2 rings (SSSR count). The molecule has 1 heterocycles. The highest BCUT2D eigenvalue weighted by atomic mass is 16.3. The van der Waals surface area contributed by atoms with E-state index in [-0.39, 0.29) is 12.1 Å². The fourth-order valence-corrected chi connectivity index (χ4v) is 2.15. The third-order valence-electron chi connectivity index (χ3n) is 3.04. The van der Waals surface area contributed by atoms with Gasteiger partial charge in [0.05, 0.1) is 12.6 Å². The van der Waals surface area contributed by atoms with E-state index in [1.54, 1.807) is 6.20 Å². The maximum absolute atomic E-state index is 9.74. The van der Waals surface area contributed by atoms with Crippen molar-refractivity contribution < 1.29 is 5.11 Å². The van der Waals surface area contributed by atoms with Crippen LogP contribution >= 0.6 is 0 Å². The van der Waals surface area contributed by atoms with Crippen LogP contribution in [-0.2, 0) is 6.54 Å². The summed E-state index contributed by atoms with van der Waals surface area (Å²) in [6, 6.07) is 2.21. The van der Waals surface area contributed by atoms with Gasteiger partial charge in [-0.15, -0.1) is 0 Å². The molecule has 0 spiro atoms. The second-order valence-corrected chi connectivity index (χ2v) is 4.18. The van der Waals surface area contributed by atoms with Gasteiger partial charge in [-0.25, -0.2) is 0 Å². The van der Waals surface area contributed by atoms with E-state index < -0.39 is 0 Å². The molecule has 1 aliphatic rings. The van der Waals surface area contributed by atoms with Crippen LogP contribution in [0.15, 0.2) is 18.5 Å². The fraction of sp³-hybridized carbons (Fsp3) is 0.727. The SMILES string of the molecule is O[C@H]1CCCC[C@@H]1NCCn1cccn1. The molecule has 2 N–H and O–H groups in total. The van der Waals surface area contributed by atoms with Crippen LogP contribution in [0, 0.1) is 0 Å². The Bertz CT molecular complexity index is 273. The van der Waals surface area contributed by atoms with Gasteiger partial charge in [-0.2, -0.15) is 5.10 Å². The van der Waals surface area contributed by atoms with Gasteiger partial charge in [-0.3, -0.25) is 4.68 Å². The summed E-state index contributed by atoms with van der Waals surface area (Å²) >= 11 is 0. The van der Waals surface area contributed by atoms with Crippen LogP contribution in [-0.4, -0.2) is 33.6 Å². The van der Waals surface area contributed by atoms with Gasteiger partial charge in [0.1, 0.15) is 0 Å². The summed E-state index contributed by atoms with van der Waals surface area (Å²) in [7, 11) is 0. The molecule has 4 heteroatoms. The second-order valence-electron chi connectivity index (χ2n) is 4.18. The molecule has 4 nitrogen and oxygen atoms in total. The van der Waals surface area contributed by atoms with Crippen LogP contribution in [0.2, 0.25) is 0 Å². The molecule has 84 valence electrons. The lowest BCUT2D eigenvalue weighted by Crippen LogP contribution is -2.43. The smallest absolute Gasteiger partial charge is 0.0693 e. The monoisotopic (exact) mass is 209 g/mol. The van der Waals surface area contributed by atoms with Gasteiger partial charge in [0.2, 0.25) is 0 Å². The molecule has 0 radical (unpaired) electrons. The van der Waals surface area contributed by atoms with E-state index in [1.807, 2.05) is 16.9 Å². The van der Waals surface area contributed by atoms with Gasteiger partial charge in [0.25, 0.3) is 0 Å². The Morgan fingerprint density at radius 3 is 3.00 bits per heavy atom. The highest BCUT2D eigenvalue weighted by molar-refractivity contribution is 4.81. The van der Waals surface area contributed by atoms with E-state index >= 15 is 0 Å². The fourth-order valence-electron chi connectivity index (χ4n) is 2.15. The normalized spacial score (nSPS) is 26.7. The molecule has 0 aromatic carbocycles. The summed E-state index contributed by atoms with van der Waals surface area (Å²) in [6.07, 6.45) is 8.03. The minimum absolute atomic E-state index is 0.156. The maximum atomic E-state index is 9.74. The third-order valence-corrected chi connectivity index (χ3v) is 3.04. The highest BCUT2D eigenvalue weighted by Crippen LogP contribution is 2.17. The summed E-state index contributed by atoms with van der Waals surface area (Å²) in [4.78, 5) is 0. The van der Waals surface area contributed by atoms with E-state index in [9.17, 15) is 5.11 Å². The second kappa shape index (κ2) is 5.28. The summed E-state index contributed by atoms with van der Waals surface area (Å²) in [5.41, 5.74) is 0. The van der Waals surface area contributed by atoms with Crippen molar-refractivity contribution in [2.45, 2.75) is 44.4 Å². The molecule has 0 amide bonds. The number of aliphatic hydroxyl groups is 1. The number of rotatable bonds is 4. The largest absolute Gasteiger partial charge is 0.392 e. The van der Waals surface area contributed by atoms with Crippen molar-refractivity contribution in [1.82, 2.24) is 15.1 Å². The quantitative estimate of drug-likeness (QED) is 0.770. The third kappa shape index (κ3) is 3.04. The van der Waals surface area contributed by atoms with Crippen molar-refractivity contribution >= 4 is 0 Å². The first-order valence-corrected chi connectivity index (χ1v) is 5.75. The Morgan fingerprint density at radius 2 is 2.27 bits per heavy atom. The Kier molecular flexibility index (Phi) is 3.75. The van der Waals surface area contributed by atoms with Gasteiger partial charge in [-0.1, -0.05) is 12.8 Å². The van der Waals surface area contributed by atoms with Crippen LogP contribution < -0.4 is 5.32 Å². The highest BCUT2D eigenvalue weighted by Gasteiger charge is 2.21. The van der Waals surface area contributed by atoms with E-state index in [0.717, 1.165) is 25.9 Å². The first kappa shape index (κ1) is 10.6. The lowest BCUT2D eigenvalue weighted by Gasteiger charge is -2.28. The Hall–Kier alpha value is -0.870. The molecule has 0 saturated heterocycles. The zero-order chi connectivity index (χ0) is 10.5. The molecule has 1 aromatic heterocycles.